The second-order valence-electron chi connectivity index (χ2n) is 5.90. The van der Waals surface area contributed by atoms with E-state index in [1.54, 1.807) is 0 Å². The normalized spacial score (nSPS) is 11.6. The molecular formula is C18H28N6. The molecule has 2 N–H and O–H groups in total. The smallest absolute Gasteiger partial charge is 0.191 e. The molecule has 0 aliphatic rings. The van der Waals surface area contributed by atoms with E-state index in [1.165, 1.54) is 5.69 Å². The van der Waals surface area contributed by atoms with Crippen LogP contribution in [0.25, 0.3) is 0 Å². The van der Waals surface area contributed by atoms with E-state index in [0.29, 0.717) is 6.54 Å². The molecule has 0 spiro atoms. The van der Waals surface area contributed by atoms with Crippen molar-refractivity contribution in [2.75, 3.05) is 13.1 Å². The lowest BCUT2D eigenvalue weighted by molar-refractivity contribution is 0.555. The van der Waals surface area contributed by atoms with Crippen molar-refractivity contribution in [1.82, 2.24) is 25.4 Å². The van der Waals surface area contributed by atoms with Crippen LogP contribution < -0.4 is 10.6 Å². The molecule has 0 saturated carbocycles. The first-order chi connectivity index (χ1) is 11.6. The van der Waals surface area contributed by atoms with Gasteiger partial charge in [0.15, 0.2) is 5.96 Å². The summed E-state index contributed by atoms with van der Waals surface area (Å²) in [6, 6.07) is 8.12. The van der Waals surface area contributed by atoms with E-state index < -0.39 is 0 Å². The maximum atomic E-state index is 4.60. The standard InChI is InChI=1S/C18H28N6/c1-5-19-18(21-13-17-9-6-8-14(2)22-17)20-10-7-11-24-16(4)12-15(3)23-24/h6,8-9,12H,5,7,10-11,13H2,1-4H3,(H2,19,20,21). The molecule has 130 valence electrons. The molecule has 2 aromatic heterocycles. The van der Waals surface area contributed by atoms with Crippen LogP contribution in [0.1, 0.15) is 36.1 Å². The van der Waals surface area contributed by atoms with Gasteiger partial charge in [-0.3, -0.25) is 9.67 Å². The van der Waals surface area contributed by atoms with E-state index in [2.05, 4.69) is 50.3 Å². The summed E-state index contributed by atoms with van der Waals surface area (Å²) in [6.45, 7) is 11.4. The molecule has 2 rings (SSSR count). The Kier molecular flexibility index (Phi) is 6.78. The van der Waals surface area contributed by atoms with Crippen molar-refractivity contribution in [2.45, 2.75) is 47.2 Å². The number of hydrogen-bond acceptors (Lipinski definition) is 3. The van der Waals surface area contributed by atoms with Crippen molar-refractivity contribution >= 4 is 5.96 Å². The zero-order valence-electron chi connectivity index (χ0n) is 15.1. The van der Waals surface area contributed by atoms with Gasteiger partial charge in [-0.2, -0.15) is 5.10 Å². The topological polar surface area (TPSA) is 67.1 Å². The number of aryl methyl sites for hydroxylation is 4. The maximum Gasteiger partial charge on any atom is 0.191 e. The fraction of sp³-hybridized carbons (Fsp3) is 0.500. The van der Waals surface area contributed by atoms with Gasteiger partial charge in [-0.05, 0) is 52.3 Å². The molecule has 2 aromatic rings. The fourth-order valence-electron chi connectivity index (χ4n) is 2.53. The number of aromatic nitrogens is 3. The molecule has 6 nitrogen and oxygen atoms in total. The Morgan fingerprint density at radius 1 is 1.17 bits per heavy atom. The first-order valence-electron chi connectivity index (χ1n) is 8.54. The SMILES string of the molecule is CCNC(=NCc1cccc(C)n1)NCCCn1nc(C)cc1C. The van der Waals surface area contributed by atoms with Gasteiger partial charge in [0, 0.05) is 31.0 Å². The molecule has 0 atom stereocenters. The molecule has 24 heavy (non-hydrogen) atoms. The molecule has 2 heterocycles. The highest BCUT2D eigenvalue weighted by molar-refractivity contribution is 5.79. The number of hydrogen-bond donors (Lipinski definition) is 2. The van der Waals surface area contributed by atoms with Crippen LogP contribution in [-0.4, -0.2) is 33.8 Å². The van der Waals surface area contributed by atoms with E-state index in [0.717, 1.165) is 49.1 Å². The minimum Gasteiger partial charge on any atom is -0.357 e. The average Bonchev–Trinajstić information content (AvgIpc) is 2.87. The van der Waals surface area contributed by atoms with Gasteiger partial charge in [0.05, 0.1) is 17.9 Å². The molecule has 0 aliphatic carbocycles. The molecule has 0 aromatic carbocycles. The van der Waals surface area contributed by atoms with Crippen LogP contribution in [0.5, 0.6) is 0 Å². The summed E-state index contributed by atoms with van der Waals surface area (Å²) in [5, 5.41) is 11.1. The Labute approximate surface area is 144 Å². The van der Waals surface area contributed by atoms with Gasteiger partial charge < -0.3 is 10.6 Å². The highest BCUT2D eigenvalue weighted by Crippen LogP contribution is 2.02. The zero-order valence-corrected chi connectivity index (χ0v) is 15.1. The van der Waals surface area contributed by atoms with Crippen molar-refractivity contribution in [3.05, 3.63) is 47.0 Å². The molecule has 0 unspecified atom stereocenters. The summed E-state index contributed by atoms with van der Waals surface area (Å²) in [6.07, 6.45) is 0.995. The lowest BCUT2D eigenvalue weighted by atomic mass is 10.3. The van der Waals surface area contributed by atoms with Crippen LogP contribution in [0, 0.1) is 20.8 Å². The van der Waals surface area contributed by atoms with Crippen LogP contribution in [0.2, 0.25) is 0 Å². The third-order valence-corrected chi connectivity index (χ3v) is 3.63. The third kappa shape index (κ3) is 5.68. The molecule has 0 amide bonds. The van der Waals surface area contributed by atoms with Crippen LogP contribution in [0.3, 0.4) is 0 Å². The van der Waals surface area contributed by atoms with Crippen molar-refractivity contribution in [2.24, 2.45) is 4.99 Å². The summed E-state index contributed by atoms with van der Waals surface area (Å²) in [5.41, 5.74) is 4.28. The molecule has 0 aliphatic heterocycles. The number of nitrogens with zero attached hydrogens (tertiary/aromatic N) is 4. The van der Waals surface area contributed by atoms with E-state index >= 15 is 0 Å². The largest absolute Gasteiger partial charge is 0.357 e. The van der Waals surface area contributed by atoms with Gasteiger partial charge in [0.1, 0.15) is 0 Å². The van der Waals surface area contributed by atoms with Crippen LogP contribution in [0.15, 0.2) is 29.3 Å². The van der Waals surface area contributed by atoms with E-state index in [9.17, 15) is 0 Å². The van der Waals surface area contributed by atoms with Crippen LogP contribution in [-0.2, 0) is 13.1 Å². The van der Waals surface area contributed by atoms with Crippen LogP contribution >= 0.6 is 0 Å². The van der Waals surface area contributed by atoms with Crippen molar-refractivity contribution in [3.63, 3.8) is 0 Å². The minimum atomic E-state index is 0.578. The van der Waals surface area contributed by atoms with Gasteiger partial charge in [0.25, 0.3) is 0 Å². The number of guanidine groups is 1. The Morgan fingerprint density at radius 3 is 2.67 bits per heavy atom. The zero-order chi connectivity index (χ0) is 17.4. The molecule has 0 saturated heterocycles. The monoisotopic (exact) mass is 328 g/mol. The number of aliphatic imine (C=N–C) groups is 1. The molecule has 0 bridgehead atoms. The van der Waals surface area contributed by atoms with Gasteiger partial charge in [-0.15, -0.1) is 0 Å². The number of nitrogens with one attached hydrogen (secondary N) is 2. The summed E-state index contributed by atoms with van der Waals surface area (Å²) in [4.78, 5) is 9.08. The molecule has 0 radical (unpaired) electrons. The minimum absolute atomic E-state index is 0.578. The molecule has 0 fully saturated rings. The lowest BCUT2D eigenvalue weighted by Gasteiger charge is -2.11. The lowest BCUT2D eigenvalue weighted by Crippen LogP contribution is -2.38. The van der Waals surface area contributed by atoms with Gasteiger partial charge in [0.2, 0.25) is 0 Å². The first-order valence-corrected chi connectivity index (χ1v) is 8.54. The second kappa shape index (κ2) is 9.05. The van der Waals surface area contributed by atoms with E-state index in [-0.39, 0.29) is 0 Å². The van der Waals surface area contributed by atoms with Crippen molar-refractivity contribution < 1.29 is 0 Å². The Bertz CT molecular complexity index is 674. The highest BCUT2D eigenvalue weighted by Gasteiger charge is 2.02. The number of rotatable bonds is 7. The summed E-state index contributed by atoms with van der Waals surface area (Å²) in [7, 11) is 0. The van der Waals surface area contributed by atoms with Gasteiger partial charge in [-0.25, -0.2) is 4.99 Å². The summed E-state index contributed by atoms with van der Waals surface area (Å²) < 4.78 is 2.05. The van der Waals surface area contributed by atoms with E-state index in [4.69, 9.17) is 0 Å². The Morgan fingerprint density at radius 2 is 2.00 bits per heavy atom. The highest BCUT2D eigenvalue weighted by atomic mass is 15.3. The third-order valence-electron chi connectivity index (χ3n) is 3.63. The molecule has 6 heteroatoms. The van der Waals surface area contributed by atoms with Crippen molar-refractivity contribution in [1.29, 1.82) is 0 Å². The fourth-order valence-corrected chi connectivity index (χ4v) is 2.53. The summed E-state index contributed by atoms with van der Waals surface area (Å²) >= 11 is 0. The van der Waals surface area contributed by atoms with Crippen molar-refractivity contribution in [3.8, 4) is 0 Å². The van der Waals surface area contributed by atoms with Crippen LogP contribution in [0.4, 0.5) is 0 Å². The average molecular weight is 328 g/mol. The number of pyridine rings is 1. The Balaban J connectivity index is 1.82. The Hall–Kier alpha value is -2.37. The predicted octanol–water partition coefficient (Wildman–Crippen LogP) is 2.35. The van der Waals surface area contributed by atoms with E-state index in [1.807, 2.05) is 32.0 Å². The first kappa shape index (κ1) is 18.0. The quantitative estimate of drug-likeness (QED) is 0.465. The second-order valence-corrected chi connectivity index (χ2v) is 5.90. The predicted molar refractivity (Wildman–Crippen MR) is 98.1 cm³/mol. The maximum absolute atomic E-state index is 4.60. The van der Waals surface area contributed by atoms with Gasteiger partial charge >= 0.3 is 0 Å². The molecular weight excluding hydrogens is 300 g/mol. The summed E-state index contributed by atoms with van der Waals surface area (Å²) in [5.74, 6) is 0.828. The van der Waals surface area contributed by atoms with Gasteiger partial charge in [-0.1, -0.05) is 6.07 Å².